The third-order valence-electron chi connectivity index (χ3n) is 2.52. The Hall–Kier alpha value is -1.36. The molecule has 0 unspecified atom stereocenters. The van der Waals surface area contributed by atoms with Crippen LogP contribution in [0, 0.1) is 5.92 Å². The maximum absolute atomic E-state index is 12.3. The van der Waals surface area contributed by atoms with E-state index >= 15 is 0 Å². The number of amides is 1. The fraction of sp³-hybridized carbons (Fsp3) is 0.538. The van der Waals surface area contributed by atoms with Crippen LogP contribution in [0.3, 0.4) is 0 Å². The van der Waals surface area contributed by atoms with E-state index in [0.717, 1.165) is 12.0 Å². The lowest BCUT2D eigenvalue weighted by molar-refractivity contribution is -0.137. The van der Waals surface area contributed by atoms with Crippen molar-refractivity contribution in [3.8, 4) is 0 Å². The molecule has 1 N–H and O–H groups in total. The van der Waals surface area contributed by atoms with Crippen LogP contribution >= 0.6 is 11.3 Å². The second-order valence-electron chi connectivity index (χ2n) is 4.60. The topological polar surface area (TPSA) is 57.6 Å². The van der Waals surface area contributed by atoms with E-state index in [0.29, 0.717) is 11.4 Å². The monoisotopic (exact) mass is 269 g/mol. The quantitative estimate of drug-likeness (QED) is 0.863. The summed E-state index contributed by atoms with van der Waals surface area (Å²) in [5, 5.41) is 10.8. The zero-order valence-corrected chi connectivity index (χ0v) is 11.8. The van der Waals surface area contributed by atoms with Crippen LogP contribution in [0.1, 0.15) is 36.0 Å². The zero-order valence-electron chi connectivity index (χ0n) is 11.0. The number of carbonyl (C=O) groups is 2. The molecule has 0 aromatic carbocycles. The van der Waals surface area contributed by atoms with E-state index in [-0.39, 0.29) is 18.4 Å². The van der Waals surface area contributed by atoms with E-state index in [4.69, 9.17) is 5.11 Å². The first-order valence-electron chi connectivity index (χ1n) is 6.03. The first-order valence-corrected chi connectivity index (χ1v) is 6.91. The molecule has 0 spiro atoms. The Bertz CT molecular complexity index is 426. The summed E-state index contributed by atoms with van der Waals surface area (Å²) in [4.78, 5) is 25.2. The summed E-state index contributed by atoms with van der Waals surface area (Å²) in [6.45, 7) is 6.15. The minimum absolute atomic E-state index is 0.169. The van der Waals surface area contributed by atoms with Gasteiger partial charge in [-0.2, -0.15) is 0 Å². The van der Waals surface area contributed by atoms with Crippen LogP contribution in [0.25, 0.3) is 0 Å². The normalized spacial score (nSPS) is 10.7. The number of carboxylic acid groups (broad SMARTS) is 1. The fourth-order valence-corrected chi connectivity index (χ4v) is 2.73. The molecular weight excluding hydrogens is 250 g/mol. The lowest BCUT2D eigenvalue weighted by Gasteiger charge is -2.22. The Morgan fingerprint density at radius 2 is 2.11 bits per heavy atom. The number of thiophene rings is 1. The number of nitrogens with zero attached hydrogens (tertiary/aromatic N) is 1. The molecule has 0 fully saturated rings. The molecule has 0 saturated heterocycles. The molecule has 18 heavy (non-hydrogen) atoms. The van der Waals surface area contributed by atoms with Gasteiger partial charge in [-0.15, -0.1) is 11.3 Å². The maximum atomic E-state index is 12.3. The van der Waals surface area contributed by atoms with E-state index in [1.807, 2.05) is 32.2 Å². The minimum atomic E-state index is -0.974. The summed E-state index contributed by atoms with van der Waals surface area (Å²) in [5.41, 5.74) is 0.990. The summed E-state index contributed by atoms with van der Waals surface area (Å²) in [7, 11) is 0. The number of rotatable bonds is 6. The van der Waals surface area contributed by atoms with E-state index in [1.54, 1.807) is 0 Å². The molecule has 0 aliphatic heterocycles. The number of hydrogen-bond donors (Lipinski definition) is 1. The average molecular weight is 269 g/mol. The van der Waals surface area contributed by atoms with Crippen molar-refractivity contribution in [1.29, 1.82) is 0 Å². The molecule has 0 saturated carbocycles. The van der Waals surface area contributed by atoms with Crippen molar-refractivity contribution in [2.75, 3.05) is 13.1 Å². The Morgan fingerprint density at radius 3 is 2.61 bits per heavy atom. The van der Waals surface area contributed by atoms with Gasteiger partial charge in [0.2, 0.25) is 0 Å². The highest BCUT2D eigenvalue weighted by molar-refractivity contribution is 7.12. The van der Waals surface area contributed by atoms with Crippen molar-refractivity contribution in [3.63, 3.8) is 0 Å². The van der Waals surface area contributed by atoms with Crippen molar-refractivity contribution in [2.24, 2.45) is 5.92 Å². The number of carboxylic acids is 1. The lowest BCUT2D eigenvalue weighted by Crippen LogP contribution is -2.38. The Balaban J connectivity index is 2.91. The zero-order chi connectivity index (χ0) is 13.7. The van der Waals surface area contributed by atoms with Gasteiger partial charge >= 0.3 is 5.97 Å². The average Bonchev–Trinajstić information content (AvgIpc) is 2.73. The SMILES string of the molecule is CCc1ccsc1C(=O)N(CC(=O)O)CC(C)C. The van der Waals surface area contributed by atoms with Gasteiger partial charge in [0.25, 0.3) is 5.91 Å². The Morgan fingerprint density at radius 1 is 1.44 bits per heavy atom. The van der Waals surface area contributed by atoms with Crippen molar-refractivity contribution in [1.82, 2.24) is 4.90 Å². The standard InChI is InChI=1S/C13H19NO3S/c1-4-10-5-6-18-12(10)13(17)14(7-9(2)3)8-11(15)16/h5-6,9H,4,7-8H2,1-3H3,(H,15,16). The van der Waals surface area contributed by atoms with Gasteiger partial charge < -0.3 is 10.0 Å². The summed E-state index contributed by atoms with van der Waals surface area (Å²) in [6.07, 6.45) is 0.785. The largest absolute Gasteiger partial charge is 0.480 e. The minimum Gasteiger partial charge on any atom is -0.480 e. The van der Waals surface area contributed by atoms with Gasteiger partial charge in [0.05, 0.1) is 4.88 Å². The van der Waals surface area contributed by atoms with Crippen LogP contribution in [0.15, 0.2) is 11.4 Å². The molecule has 1 rings (SSSR count). The number of carbonyl (C=O) groups excluding carboxylic acids is 1. The van der Waals surface area contributed by atoms with E-state index in [9.17, 15) is 9.59 Å². The summed E-state index contributed by atoms with van der Waals surface area (Å²) in [6, 6.07) is 1.92. The van der Waals surface area contributed by atoms with Gasteiger partial charge in [-0.05, 0) is 29.3 Å². The number of aryl methyl sites for hydroxylation is 1. The van der Waals surface area contributed by atoms with Crippen LogP contribution in [0.2, 0.25) is 0 Å². The van der Waals surface area contributed by atoms with Crippen LogP contribution in [0.4, 0.5) is 0 Å². The summed E-state index contributed by atoms with van der Waals surface area (Å²) >= 11 is 1.38. The van der Waals surface area contributed by atoms with Crippen molar-refractivity contribution in [2.45, 2.75) is 27.2 Å². The van der Waals surface area contributed by atoms with Gasteiger partial charge in [0, 0.05) is 6.54 Å². The lowest BCUT2D eigenvalue weighted by atomic mass is 10.1. The van der Waals surface area contributed by atoms with Crippen LogP contribution in [-0.2, 0) is 11.2 Å². The second kappa shape index (κ2) is 6.54. The van der Waals surface area contributed by atoms with E-state index in [2.05, 4.69) is 0 Å². The van der Waals surface area contributed by atoms with Crippen molar-refractivity contribution < 1.29 is 14.7 Å². The van der Waals surface area contributed by atoms with Crippen LogP contribution in [0.5, 0.6) is 0 Å². The first-order chi connectivity index (χ1) is 8.45. The molecule has 0 aliphatic carbocycles. The molecule has 1 aromatic heterocycles. The summed E-state index contributed by atoms with van der Waals surface area (Å²) in [5.74, 6) is -0.894. The van der Waals surface area contributed by atoms with Gasteiger partial charge in [-0.3, -0.25) is 9.59 Å². The molecule has 1 aromatic rings. The molecule has 4 nitrogen and oxygen atoms in total. The van der Waals surface area contributed by atoms with Gasteiger partial charge in [-0.1, -0.05) is 20.8 Å². The number of hydrogen-bond acceptors (Lipinski definition) is 3. The molecular formula is C13H19NO3S. The molecule has 5 heteroatoms. The van der Waals surface area contributed by atoms with E-state index in [1.165, 1.54) is 16.2 Å². The predicted molar refractivity (Wildman–Crippen MR) is 72.1 cm³/mol. The highest BCUT2D eigenvalue weighted by Crippen LogP contribution is 2.20. The van der Waals surface area contributed by atoms with Crippen molar-refractivity contribution in [3.05, 3.63) is 21.9 Å². The van der Waals surface area contributed by atoms with Gasteiger partial charge in [0.1, 0.15) is 6.54 Å². The maximum Gasteiger partial charge on any atom is 0.323 e. The molecule has 1 heterocycles. The van der Waals surface area contributed by atoms with Crippen LogP contribution < -0.4 is 0 Å². The molecule has 0 atom stereocenters. The first kappa shape index (κ1) is 14.7. The third-order valence-corrected chi connectivity index (χ3v) is 3.47. The highest BCUT2D eigenvalue weighted by atomic mass is 32.1. The smallest absolute Gasteiger partial charge is 0.323 e. The Kier molecular flexibility index (Phi) is 5.34. The molecule has 0 aliphatic rings. The predicted octanol–water partition coefficient (Wildman–Crippen LogP) is 2.49. The number of aliphatic carboxylic acids is 1. The molecule has 100 valence electrons. The molecule has 1 amide bonds. The molecule has 0 bridgehead atoms. The fourth-order valence-electron chi connectivity index (χ4n) is 1.77. The summed E-state index contributed by atoms with van der Waals surface area (Å²) < 4.78 is 0. The van der Waals surface area contributed by atoms with Crippen LogP contribution in [-0.4, -0.2) is 35.0 Å². The second-order valence-corrected chi connectivity index (χ2v) is 5.52. The Labute approximate surface area is 111 Å². The molecule has 0 radical (unpaired) electrons. The van der Waals surface area contributed by atoms with E-state index < -0.39 is 5.97 Å². The highest BCUT2D eigenvalue weighted by Gasteiger charge is 2.22. The van der Waals surface area contributed by atoms with Crippen molar-refractivity contribution >= 4 is 23.2 Å². The van der Waals surface area contributed by atoms with Gasteiger partial charge in [0.15, 0.2) is 0 Å². The third kappa shape index (κ3) is 3.84. The van der Waals surface area contributed by atoms with Gasteiger partial charge in [-0.25, -0.2) is 0 Å².